The summed E-state index contributed by atoms with van der Waals surface area (Å²) in [5, 5.41) is 13.2. The zero-order valence-electron chi connectivity index (χ0n) is 24.1. The standard InChI is InChI=1S/C34H38N2O6/c1-40-30-21-27-23-14-16-36(34(39)22-8-4-2-3-5-9-22)32(27)24-10-6-11-25(18-24)41-17-7-15-35-33(38)28-20-26(12-13-29(28)37)42-31(30)19-23/h6,10-13,18-22,32,37H,2-5,7-9,14-17H2,1H3,(H,35,38). The van der Waals surface area contributed by atoms with Gasteiger partial charge in [0.05, 0.1) is 25.3 Å². The lowest BCUT2D eigenvalue weighted by Gasteiger charge is -2.40. The molecule has 0 saturated heterocycles. The predicted octanol–water partition coefficient (Wildman–Crippen LogP) is 6.15. The summed E-state index contributed by atoms with van der Waals surface area (Å²) in [6.07, 6.45) is 7.75. The van der Waals surface area contributed by atoms with E-state index in [0.717, 1.165) is 42.4 Å². The van der Waals surface area contributed by atoms with Crippen molar-refractivity contribution in [1.82, 2.24) is 10.2 Å². The summed E-state index contributed by atoms with van der Waals surface area (Å²) in [5.41, 5.74) is 3.21. The number of fused-ring (bicyclic) bond motifs is 6. The van der Waals surface area contributed by atoms with Crippen LogP contribution in [0.5, 0.6) is 28.7 Å². The fourth-order valence-electron chi connectivity index (χ4n) is 6.44. The normalized spacial score (nSPS) is 19.4. The molecule has 1 fully saturated rings. The van der Waals surface area contributed by atoms with E-state index in [1.165, 1.54) is 25.0 Å². The first-order valence-electron chi connectivity index (χ1n) is 15.0. The molecule has 3 aromatic rings. The Labute approximate surface area is 246 Å². The highest BCUT2D eigenvalue weighted by Crippen LogP contribution is 2.44. The van der Waals surface area contributed by atoms with E-state index in [1.807, 2.05) is 30.3 Å². The molecule has 1 aliphatic carbocycles. The van der Waals surface area contributed by atoms with E-state index in [-0.39, 0.29) is 35.1 Å². The second-order valence-corrected chi connectivity index (χ2v) is 11.4. The van der Waals surface area contributed by atoms with Gasteiger partial charge < -0.3 is 29.5 Å². The van der Waals surface area contributed by atoms with E-state index in [4.69, 9.17) is 14.2 Å². The molecule has 8 nitrogen and oxygen atoms in total. The number of carbonyl (C=O) groups excluding carboxylic acids is 2. The maximum Gasteiger partial charge on any atom is 0.255 e. The summed E-state index contributed by atoms with van der Waals surface area (Å²) in [6.45, 7) is 1.39. The van der Waals surface area contributed by atoms with E-state index in [0.29, 0.717) is 55.5 Å². The SMILES string of the molecule is COc1cc2c3cc1Oc1ccc(O)c(c1)C(=O)NCCCOc1cccc(c1)C2N(C(=O)C1CCCCCC1)CC3. The van der Waals surface area contributed by atoms with Gasteiger partial charge in [-0.2, -0.15) is 0 Å². The number of phenols is 1. The smallest absolute Gasteiger partial charge is 0.255 e. The molecular weight excluding hydrogens is 532 g/mol. The van der Waals surface area contributed by atoms with Crippen LogP contribution in [0.15, 0.2) is 54.6 Å². The number of nitrogens with zero attached hydrogens (tertiary/aromatic N) is 1. The highest BCUT2D eigenvalue weighted by molar-refractivity contribution is 5.97. The van der Waals surface area contributed by atoms with Crippen molar-refractivity contribution in [3.63, 3.8) is 0 Å². The predicted molar refractivity (Wildman–Crippen MR) is 159 cm³/mol. The van der Waals surface area contributed by atoms with E-state index >= 15 is 0 Å². The van der Waals surface area contributed by atoms with Gasteiger partial charge in [0.2, 0.25) is 5.91 Å². The number of nitrogens with one attached hydrogen (secondary N) is 1. The van der Waals surface area contributed by atoms with Crippen LogP contribution in [0.1, 0.15) is 78.0 Å². The molecular formula is C34H38N2O6. The third-order valence-corrected chi connectivity index (χ3v) is 8.63. The van der Waals surface area contributed by atoms with Crippen molar-refractivity contribution in [1.29, 1.82) is 0 Å². The summed E-state index contributed by atoms with van der Waals surface area (Å²) in [5.74, 6) is 1.92. The van der Waals surface area contributed by atoms with Gasteiger partial charge in [-0.15, -0.1) is 0 Å². The summed E-state index contributed by atoms with van der Waals surface area (Å²) in [7, 11) is 1.59. The fraction of sp³-hybridized carbons (Fsp3) is 0.412. The highest BCUT2D eigenvalue weighted by atomic mass is 16.5. The van der Waals surface area contributed by atoms with Gasteiger partial charge in [0.15, 0.2) is 11.5 Å². The Bertz CT molecular complexity index is 1460. The molecule has 7 rings (SSSR count). The van der Waals surface area contributed by atoms with Gasteiger partial charge in [0, 0.05) is 19.0 Å². The van der Waals surface area contributed by atoms with Gasteiger partial charge in [-0.25, -0.2) is 0 Å². The minimum atomic E-state index is -0.389. The van der Waals surface area contributed by atoms with Crippen LogP contribution in [0.4, 0.5) is 0 Å². The molecule has 8 heteroatoms. The quantitative estimate of drug-likeness (QED) is 0.359. The highest BCUT2D eigenvalue weighted by Gasteiger charge is 2.36. The zero-order chi connectivity index (χ0) is 29.1. The van der Waals surface area contributed by atoms with Gasteiger partial charge in [-0.1, -0.05) is 37.8 Å². The molecule has 42 heavy (non-hydrogen) atoms. The number of benzene rings is 3. The molecule has 8 bridgehead atoms. The Kier molecular flexibility index (Phi) is 8.22. The van der Waals surface area contributed by atoms with Crippen LogP contribution in [0.2, 0.25) is 0 Å². The molecule has 3 heterocycles. The van der Waals surface area contributed by atoms with Crippen LogP contribution in [-0.4, -0.2) is 48.6 Å². The van der Waals surface area contributed by atoms with Gasteiger partial charge in [0.1, 0.15) is 17.2 Å². The second kappa shape index (κ2) is 12.3. The molecule has 1 saturated carbocycles. The number of amides is 2. The number of rotatable bonds is 2. The number of hydrogen-bond donors (Lipinski definition) is 2. The lowest BCUT2D eigenvalue weighted by molar-refractivity contribution is -0.138. The molecule has 220 valence electrons. The molecule has 0 aromatic heterocycles. The van der Waals surface area contributed by atoms with Crippen LogP contribution >= 0.6 is 0 Å². The third kappa shape index (κ3) is 5.75. The lowest BCUT2D eigenvalue weighted by atomic mass is 9.86. The van der Waals surface area contributed by atoms with Crippen molar-refractivity contribution in [3.05, 3.63) is 76.9 Å². The maximum absolute atomic E-state index is 14.1. The van der Waals surface area contributed by atoms with Crippen LogP contribution < -0.4 is 19.5 Å². The van der Waals surface area contributed by atoms with E-state index < -0.39 is 0 Å². The van der Waals surface area contributed by atoms with E-state index in [1.54, 1.807) is 13.2 Å². The number of carbonyl (C=O) groups is 2. The molecule has 1 atom stereocenters. The van der Waals surface area contributed by atoms with Crippen molar-refractivity contribution in [2.45, 2.75) is 57.4 Å². The molecule has 3 aliphatic heterocycles. The molecule has 1 unspecified atom stereocenters. The van der Waals surface area contributed by atoms with E-state index in [2.05, 4.69) is 16.3 Å². The first kappa shape index (κ1) is 27.9. The Hall–Kier alpha value is -4.20. The van der Waals surface area contributed by atoms with Gasteiger partial charge in [-0.05, 0) is 84.8 Å². The minimum Gasteiger partial charge on any atom is -0.507 e. The van der Waals surface area contributed by atoms with Crippen LogP contribution in [0.25, 0.3) is 0 Å². The van der Waals surface area contributed by atoms with Crippen LogP contribution in [0.3, 0.4) is 0 Å². The van der Waals surface area contributed by atoms with Crippen LogP contribution in [0, 0.1) is 5.92 Å². The molecule has 2 N–H and O–H groups in total. The van der Waals surface area contributed by atoms with Crippen molar-refractivity contribution in [3.8, 4) is 28.7 Å². The number of ether oxygens (including phenoxy) is 3. The first-order valence-corrected chi connectivity index (χ1v) is 15.0. The first-order chi connectivity index (χ1) is 20.5. The second-order valence-electron chi connectivity index (χ2n) is 11.4. The number of hydrogen-bond acceptors (Lipinski definition) is 6. The average Bonchev–Trinajstić information content (AvgIpc) is 3.30. The summed E-state index contributed by atoms with van der Waals surface area (Å²) >= 11 is 0. The van der Waals surface area contributed by atoms with Crippen molar-refractivity contribution < 1.29 is 28.9 Å². The van der Waals surface area contributed by atoms with E-state index in [9.17, 15) is 14.7 Å². The Balaban J connectivity index is 1.45. The van der Waals surface area contributed by atoms with Crippen LogP contribution in [-0.2, 0) is 11.2 Å². The molecule has 2 amide bonds. The lowest BCUT2D eigenvalue weighted by Crippen LogP contribution is -2.43. The van der Waals surface area contributed by atoms with Crippen molar-refractivity contribution in [2.24, 2.45) is 5.92 Å². The molecule has 0 spiro atoms. The summed E-state index contributed by atoms with van der Waals surface area (Å²) in [4.78, 5) is 29.0. The number of phenolic OH excluding ortho intramolecular Hbond substituents is 1. The summed E-state index contributed by atoms with van der Waals surface area (Å²) in [6, 6.07) is 16.3. The molecule has 0 radical (unpaired) electrons. The fourth-order valence-corrected chi connectivity index (χ4v) is 6.44. The largest absolute Gasteiger partial charge is 0.507 e. The maximum atomic E-state index is 14.1. The molecule has 4 aliphatic rings. The van der Waals surface area contributed by atoms with Crippen molar-refractivity contribution >= 4 is 11.8 Å². The Morgan fingerprint density at radius 2 is 1.83 bits per heavy atom. The monoisotopic (exact) mass is 570 g/mol. The zero-order valence-corrected chi connectivity index (χ0v) is 24.1. The average molecular weight is 571 g/mol. The van der Waals surface area contributed by atoms with Gasteiger partial charge in [-0.3, -0.25) is 9.59 Å². The topological polar surface area (TPSA) is 97.3 Å². The Morgan fingerprint density at radius 1 is 1.00 bits per heavy atom. The minimum absolute atomic E-state index is 0.0462. The number of methoxy groups -OCH3 is 1. The Morgan fingerprint density at radius 3 is 2.64 bits per heavy atom. The molecule has 3 aromatic carbocycles. The number of aromatic hydroxyl groups is 1. The van der Waals surface area contributed by atoms with Crippen molar-refractivity contribution in [2.75, 3.05) is 26.8 Å². The third-order valence-electron chi connectivity index (χ3n) is 8.63. The summed E-state index contributed by atoms with van der Waals surface area (Å²) < 4.78 is 18.2. The van der Waals surface area contributed by atoms with Gasteiger partial charge >= 0.3 is 0 Å². The van der Waals surface area contributed by atoms with Gasteiger partial charge in [0.25, 0.3) is 5.91 Å².